The Kier molecular flexibility index (Phi) is 5.63. The third-order valence-electron chi connectivity index (χ3n) is 3.76. The number of carboxylic acids is 1. The highest BCUT2D eigenvalue weighted by molar-refractivity contribution is 5.77. The third kappa shape index (κ3) is 4.49. The van der Waals surface area contributed by atoms with Gasteiger partial charge in [0.05, 0.1) is 12.5 Å². The van der Waals surface area contributed by atoms with Gasteiger partial charge in [0, 0.05) is 19.8 Å². The number of hydrogen-bond acceptors (Lipinski definition) is 3. The summed E-state index contributed by atoms with van der Waals surface area (Å²) in [6.45, 7) is 2.56. The van der Waals surface area contributed by atoms with Crippen LogP contribution in [0.1, 0.15) is 24.0 Å². The Morgan fingerprint density at radius 3 is 2.43 bits per heavy atom. The molecule has 2 aromatic rings. The number of ether oxygens (including phenoxy) is 1. The van der Waals surface area contributed by atoms with Gasteiger partial charge >= 0.3 is 5.97 Å². The van der Waals surface area contributed by atoms with Crippen molar-refractivity contribution in [1.82, 2.24) is 0 Å². The Morgan fingerprint density at radius 2 is 1.87 bits per heavy atom. The van der Waals surface area contributed by atoms with Gasteiger partial charge in [-0.1, -0.05) is 24.3 Å². The van der Waals surface area contributed by atoms with E-state index in [1.54, 1.807) is 0 Å². The van der Waals surface area contributed by atoms with Crippen molar-refractivity contribution >= 4 is 11.7 Å². The quantitative estimate of drug-likeness (QED) is 0.849. The number of carbonyl (C=O) groups is 1. The summed E-state index contributed by atoms with van der Waals surface area (Å²) < 4.78 is 5.42. The molecule has 0 aromatic heterocycles. The van der Waals surface area contributed by atoms with E-state index in [2.05, 4.69) is 0 Å². The fourth-order valence-electron chi connectivity index (χ4n) is 2.49. The zero-order valence-corrected chi connectivity index (χ0v) is 13.8. The minimum absolute atomic E-state index is 0.457. The molecule has 0 aliphatic carbocycles. The maximum Gasteiger partial charge on any atom is 0.311 e. The van der Waals surface area contributed by atoms with Crippen LogP contribution in [0.5, 0.6) is 5.75 Å². The Hall–Kier alpha value is -2.49. The van der Waals surface area contributed by atoms with Gasteiger partial charge in [-0.25, -0.2) is 0 Å². The van der Waals surface area contributed by atoms with Gasteiger partial charge in [-0.15, -0.1) is 0 Å². The Morgan fingerprint density at radius 1 is 1.17 bits per heavy atom. The second kappa shape index (κ2) is 7.68. The van der Waals surface area contributed by atoms with E-state index in [1.807, 2.05) is 74.4 Å². The van der Waals surface area contributed by atoms with Crippen molar-refractivity contribution in [2.75, 3.05) is 25.6 Å². The molecular formula is C19H23NO3. The van der Waals surface area contributed by atoms with Gasteiger partial charge in [-0.2, -0.15) is 0 Å². The predicted molar refractivity (Wildman–Crippen MR) is 92.5 cm³/mol. The van der Waals surface area contributed by atoms with Gasteiger partial charge in [0.1, 0.15) is 5.75 Å². The largest absolute Gasteiger partial charge is 0.494 e. The van der Waals surface area contributed by atoms with Crippen molar-refractivity contribution in [2.45, 2.75) is 19.3 Å². The smallest absolute Gasteiger partial charge is 0.311 e. The summed E-state index contributed by atoms with van der Waals surface area (Å²) in [7, 11) is 3.89. The molecule has 1 atom stereocenters. The number of nitrogens with zero attached hydrogens (tertiary/aromatic N) is 1. The van der Waals surface area contributed by atoms with Gasteiger partial charge in [-0.3, -0.25) is 4.79 Å². The van der Waals surface area contributed by atoms with Crippen molar-refractivity contribution in [3.8, 4) is 5.75 Å². The molecule has 0 aliphatic rings. The fraction of sp³-hybridized carbons (Fsp3) is 0.316. The second-order valence-corrected chi connectivity index (χ2v) is 5.66. The van der Waals surface area contributed by atoms with Crippen molar-refractivity contribution < 1.29 is 14.6 Å². The van der Waals surface area contributed by atoms with Crippen molar-refractivity contribution in [3.05, 3.63) is 59.7 Å². The van der Waals surface area contributed by atoms with Gasteiger partial charge < -0.3 is 14.7 Å². The first-order valence-corrected chi connectivity index (χ1v) is 7.73. The molecule has 4 heteroatoms. The van der Waals surface area contributed by atoms with Crippen molar-refractivity contribution in [3.63, 3.8) is 0 Å². The predicted octanol–water partition coefficient (Wildman–Crippen LogP) is 3.56. The lowest BCUT2D eigenvalue weighted by atomic mass is 9.91. The van der Waals surface area contributed by atoms with Crippen molar-refractivity contribution in [2.24, 2.45) is 0 Å². The van der Waals surface area contributed by atoms with Crippen LogP contribution in [0, 0.1) is 0 Å². The minimum Gasteiger partial charge on any atom is -0.494 e. The summed E-state index contributed by atoms with van der Waals surface area (Å²) in [6, 6.07) is 15.3. The summed E-state index contributed by atoms with van der Waals surface area (Å²) in [5, 5.41) is 9.62. The number of anilines is 1. The van der Waals surface area contributed by atoms with E-state index in [-0.39, 0.29) is 0 Å². The molecule has 0 bridgehead atoms. The topological polar surface area (TPSA) is 49.8 Å². The van der Waals surface area contributed by atoms with Crippen LogP contribution in [-0.2, 0) is 11.2 Å². The number of carboxylic acid groups (broad SMARTS) is 1. The highest BCUT2D eigenvalue weighted by atomic mass is 16.5. The molecule has 0 aliphatic heterocycles. The summed E-state index contributed by atoms with van der Waals surface area (Å²) in [5.41, 5.74) is 2.80. The van der Waals surface area contributed by atoms with E-state index < -0.39 is 11.9 Å². The standard InChI is InChI=1S/C19H23NO3/c1-4-23-17-10-8-14(9-11-17)12-18(19(21)22)15-6-5-7-16(13-15)20(2)3/h5-11,13,18H,4,12H2,1-3H3,(H,21,22). The first-order chi connectivity index (χ1) is 11.0. The molecule has 2 aromatic carbocycles. The number of aliphatic carboxylic acids is 1. The molecule has 122 valence electrons. The lowest BCUT2D eigenvalue weighted by Gasteiger charge is -2.17. The first-order valence-electron chi connectivity index (χ1n) is 7.73. The molecule has 1 unspecified atom stereocenters. The molecular weight excluding hydrogens is 290 g/mol. The molecule has 1 N–H and O–H groups in total. The fourth-order valence-corrected chi connectivity index (χ4v) is 2.49. The summed E-state index contributed by atoms with van der Waals surface area (Å²) in [4.78, 5) is 13.7. The van der Waals surface area contributed by atoms with Crippen LogP contribution in [0.2, 0.25) is 0 Å². The number of benzene rings is 2. The van der Waals surface area contributed by atoms with E-state index in [4.69, 9.17) is 4.74 Å². The average molecular weight is 313 g/mol. The molecule has 0 amide bonds. The monoisotopic (exact) mass is 313 g/mol. The summed E-state index contributed by atoms with van der Waals surface area (Å²) in [5.74, 6) is -0.569. The molecule has 4 nitrogen and oxygen atoms in total. The number of rotatable bonds is 7. The lowest BCUT2D eigenvalue weighted by Crippen LogP contribution is -2.16. The normalized spacial score (nSPS) is 11.8. The molecule has 0 spiro atoms. The summed E-state index contributed by atoms with van der Waals surface area (Å²) in [6.07, 6.45) is 0.457. The maximum absolute atomic E-state index is 11.7. The van der Waals surface area contributed by atoms with Crippen molar-refractivity contribution in [1.29, 1.82) is 0 Å². The Balaban J connectivity index is 2.22. The second-order valence-electron chi connectivity index (χ2n) is 5.66. The van der Waals surface area contributed by atoms with Crippen LogP contribution in [0.25, 0.3) is 0 Å². The Labute approximate surface area is 137 Å². The van der Waals surface area contributed by atoms with Gasteiger partial charge in [0.15, 0.2) is 0 Å². The van der Waals surface area contributed by atoms with Gasteiger partial charge in [-0.05, 0) is 48.7 Å². The molecule has 0 saturated carbocycles. The molecule has 23 heavy (non-hydrogen) atoms. The first kappa shape index (κ1) is 16.9. The van der Waals surface area contributed by atoms with E-state index in [0.717, 1.165) is 22.6 Å². The Bertz CT molecular complexity index is 650. The highest BCUT2D eigenvalue weighted by Crippen LogP contribution is 2.25. The van der Waals surface area contributed by atoms with Gasteiger partial charge in [0.2, 0.25) is 0 Å². The minimum atomic E-state index is -0.810. The highest BCUT2D eigenvalue weighted by Gasteiger charge is 2.21. The van der Waals surface area contributed by atoms with Crippen LogP contribution >= 0.6 is 0 Å². The van der Waals surface area contributed by atoms with E-state index in [1.165, 1.54) is 0 Å². The molecule has 0 heterocycles. The van der Waals surface area contributed by atoms with Crippen LogP contribution in [0.3, 0.4) is 0 Å². The maximum atomic E-state index is 11.7. The SMILES string of the molecule is CCOc1ccc(CC(C(=O)O)c2cccc(N(C)C)c2)cc1. The van der Waals surface area contributed by atoms with E-state index in [9.17, 15) is 9.90 Å². The van der Waals surface area contributed by atoms with Crippen LogP contribution < -0.4 is 9.64 Å². The zero-order chi connectivity index (χ0) is 16.8. The van der Waals surface area contributed by atoms with Crippen LogP contribution in [0.15, 0.2) is 48.5 Å². The number of hydrogen-bond donors (Lipinski definition) is 1. The van der Waals surface area contributed by atoms with Crippen LogP contribution in [0.4, 0.5) is 5.69 Å². The molecule has 0 fully saturated rings. The molecule has 0 saturated heterocycles. The average Bonchev–Trinajstić information content (AvgIpc) is 2.54. The molecule has 0 radical (unpaired) electrons. The van der Waals surface area contributed by atoms with E-state index in [0.29, 0.717) is 13.0 Å². The van der Waals surface area contributed by atoms with Crippen LogP contribution in [-0.4, -0.2) is 31.8 Å². The van der Waals surface area contributed by atoms with Gasteiger partial charge in [0.25, 0.3) is 0 Å². The van der Waals surface area contributed by atoms with E-state index >= 15 is 0 Å². The zero-order valence-electron chi connectivity index (χ0n) is 13.8. The third-order valence-corrected chi connectivity index (χ3v) is 3.76. The molecule has 2 rings (SSSR count). The summed E-state index contributed by atoms with van der Waals surface area (Å²) >= 11 is 0. The lowest BCUT2D eigenvalue weighted by molar-refractivity contribution is -0.138.